The molecule has 2 aliphatic heterocycles. The Kier molecular flexibility index (Phi) is 8.98. The predicted octanol–water partition coefficient (Wildman–Crippen LogP) is 14.5. The van der Waals surface area contributed by atoms with E-state index in [4.69, 9.17) is 0 Å². The van der Waals surface area contributed by atoms with Gasteiger partial charge in [0.15, 0.2) is 0 Å². The number of rotatable bonds is 5. The molecule has 0 N–H and O–H groups in total. The zero-order valence-corrected chi connectivity index (χ0v) is 36.1. The third kappa shape index (κ3) is 5.95. The quantitative estimate of drug-likeness (QED) is 0.253. The summed E-state index contributed by atoms with van der Waals surface area (Å²) in [6, 6.07) is 22.7. The van der Waals surface area contributed by atoms with E-state index in [2.05, 4.69) is 162 Å². The normalized spacial score (nSPS) is 29.5. The lowest BCUT2D eigenvalue weighted by atomic mass is 9.74. The van der Waals surface area contributed by atoms with E-state index in [1.807, 2.05) is 0 Å². The molecular weight excluding hydrogens is 749 g/mol. The van der Waals surface area contributed by atoms with Gasteiger partial charge in [-0.25, -0.2) is 0 Å². The molecule has 62 heavy (non-hydrogen) atoms. The lowest BCUT2D eigenvalue weighted by Crippen LogP contribution is -2.40. The van der Waals surface area contributed by atoms with Crippen LogP contribution in [-0.4, -0.2) is 27.9 Å². The molecule has 2 heteroatoms. The zero-order chi connectivity index (χ0) is 40.7. The van der Waals surface area contributed by atoms with E-state index in [0.717, 1.165) is 44.9 Å². The van der Waals surface area contributed by atoms with Crippen molar-refractivity contribution in [3.63, 3.8) is 0 Å². The van der Waals surface area contributed by atoms with Crippen molar-refractivity contribution in [2.24, 2.45) is 23.7 Å². The molecule has 0 amide bonds. The summed E-state index contributed by atoms with van der Waals surface area (Å²) < 4.78 is 0. The molecule has 0 radical (unpaired) electrons. The van der Waals surface area contributed by atoms with E-state index in [0.29, 0.717) is 41.8 Å². The highest BCUT2D eigenvalue weighted by Gasteiger charge is 2.48. The van der Waals surface area contributed by atoms with Gasteiger partial charge >= 0.3 is 0 Å². The molecule has 0 bridgehead atoms. The summed E-state index contributed by atoms with van der Waals surface area (Å²) >= 11 is 0. The van der Waals surface area contributed by atoms with Crippen LogP contribution in [0, 0.1) is 23.7 Å². The van der Waals surface area contributed by atoms with Crippen LogP contribution in [0.25, 0.3) is 33.0 Å². The van der Waals surface area contributed by atoms with E-state index in [1.54, 1.807) is 28.0 Å². The minimum Gasteiger partial charge on any atom is -0.365 e. The monoisotopic (exact) mass is 806 g/mol. The SMILES string of the molecule is C1=CC2C3CC(C4C=CC5=C(C4)C4C=CC=C[C@H]4N5C4=CC=C(c5cccc(-c6cc7c(c8ccccc68)C6=C(C=CCC6)CC7)c5)CC4)=CC=C3N(C3CCCCC3)C2C=C1. The average Bonchev–Trinajstić information content (AvgIpc) is 3.86. The van der Waals surface area contributed by atoms with Gasteiger partial charge in [-0.1, -0.05) is 146 Å². The number of likely N-dealkylation sites (tertiary alicyclic amines) is 1. The first-order chi connectivity index (χ1) is 30.7. The second-order valence-corrected chi connectivity index (χ2v) is 19.8. The van der Waals surface area contributed by atoms with Crippen LogP contribution in [0.2, 0.25) is 0 Å². The van der Waals surface area contributed by atoms with Gasteiger partial charge in [0, 0.05) is 46.8 Å². The molecule has 2 heterocycles. The highest BCUT2D eigenvalue weighted by Crippen LogP contribution is 2.53. The molecule has 3 aromatic rings. The lowest BCUT2D eigenvalue weighted by molar-refractivity contribution is 0.184. The van der Waals surface area contributed by atoms with Crippen LogP contribution in [0.15, 0.2) is 186 Å². The van der Waals surface area contributed by atoms with Crippen molar-refractivity contribution in [2.45, 2.75) is 102 Å². The molecule has 308 valence electrons. The molecule has 0 spiro atoms. The first-order valence-electron chi connectivity index (χ1n) is 24.3. The Balaban J connectivity index is 0.779. The topological polar surface area (TPSA) is 6.48 Å². The summed E-state index contributed by atoms with van der Waals surface area (Å²) in [6.07, 6.45) is 55.0. The van der Waals surface area contributed by atoms with Gasteiger partial charge in [-0.15, -0.1) is 0 Å². The van der Waals surface area contributed by atoms with Crippen LogP contribution in [-0.2, 0) is 6.42 Å². The van der Waals surface area contributed by atoms with Crippen molar-refractivity contribution in [1.29, 1.82) is 0 Å². The fraction of sp³-hybridized carbons (Fsp3) is 0.333. The molecule has 8 aliphatic carbocycles. The number of nitrogens with zero attached hydrogens (tertiary/aromatic N) is 2. The zero-order valence-electron chi connectivity index (χ0n) is 36.1. The highest BCUT2D eigenvalue weighted by molar-refractivity contribution is 6.05. The van der Waals surface area contributed by atoms with Gasteiger partial charge in [0.2, 0.25) is 0 Å². The number of fused-ring (bicyclic) bond motifs is 9. The molecule has 5 unspecified atom stereocenters. The summed E-state index contributed by atoms with van der Waals surface area (Å²) in [5.74, 6) is 2.11. The molecule has 2 fully saturated rings. The maximum atomic E-state index is 2.88. The number of aryl methyl sites for hydroxylation is 1. The molecule has 0 aromatic heterocycles. The van der Waals surface area contributed by atoms with Crippen molar-refractivity contribution in [3.05, 3.63) is 202 Å². The molecule has 13 rings (SSSR count). The summed E-state index contributed by atoms with van der Waals surface area (Å²) in [6.45, 7) is 0. The average molecular weight is 807 g/mol. The predicted molar refractivity (Wildman–Crippen MR) is 259 cm³/mol. The largest absolute Gasteiger partial charge is 0.365 e. The minimum atomic E-state index is 0.359. The summed E-state index contributed by atoms with van der Waals surface area (Å²) in [5.41, 5.74) is 19.5. The Hall–Kier alpha value is -5.60. The van der Waals surface area contributed by atoms with E-state index < -0.39 is 0 Å². The fourth-order valence-electron chi connectivity index (χ4n) is 13.8. The second-order valence-electron chi connectivity index (χ2n) is 19.8. The van der Waals surface area contributed by atoms with E-state index >= 15 is 0 Å². The van der Waals surface area contributed by atoms with Crippen LogP contribution in [0.1, 0.15) is 93.7 Å². The first-order valence-corrected chi connectivity index (χ1v) is 24.3. The first kappa shape index (κ1) is 37.0. The summed E-state index contributed by atoms with van der Waals surface area (Å²) in [4.78, 5) is 5.60. The number of allylic oxidation sites excluding steroid dienone is 18. The molecule has 2 nitrogen and oxygen atoms in total. The van der Waals surface area contributed by atoms with Crippen LogP contribution < -0.4 is 0 Å². The number of benzene rings is 3. The Morgan fingerprint density at radius 3 is 2.39 bits per heavy atom. The number of hydrogen-bond acceptors (Lipinski definition) is 2. The molecular formula is C60H58N2. The second kappa shape index (κ2) is 15.0. The van der Waals surface area contributed by atoms with Crippen LogP contribution in [0.3, 0.4) is 0 Å². The summed E-state index contributed by atoms with van der Waals surface area (Å²) in [7, 11) is 0. The number of hydrogen-bond donors (Lipinski definition) is 0. The lowest BCUT2D eigenvalue weighted by Gasteiger charge is -2.39. The standard InChI is InChI=1S/C60H58N2/c1-2-16-46(17-3-1)61-56-23-10-8-20-50(56)54-36-42(29-33-58(54)61)43-30-34-59-55(37-43)51-21-9-11-24-57(51)62(59)47-31-27-39(28-32-47)41-14-12-15-44(35-41)53-38-45-26-25-40-13-4-5-18-48(40)60(45)52-22-7-6-19-49(52)53/h4,6-15,19-24,27,29-31,33-35,38,43,46,50-51,54,56-57H,1-3,5,16-18,25-26,28,32,36-37H2/t43?,50?,51?,54?,56?,57-/m1/s1. The van der Waals surface area contributed by atoms with E-state index in [1.165, 1.54) is 94.1 Å². The third-order valence-corrected chi connectivity index (χ3v) is 16.6. The van der Waals surface area contributed by atoms with Gasteiger partial charge in [0.1, 0.15) is 0 Å². The van der Waals surface area contributed by atoms with Gasteiger partial charge in [0.25, 0.3) is 0 Å². The van der Waals surface area contributed by atoms with Crippen molar-refractivity contribution in [3.8, 4) is 11.1 Å². The maximum absolute atomic E-state index is 2.88. The fourth-order valence-corrected chi connectivity index (χ4v) is 13.8. The van der Waals surface area contributed by atoms with Crippen LogP contribution in [0.4, 0.5) is 0 Å². The Morgan fingerprint density at radius 1 is 0.629 bits per heavy atom. The van der Waals surface area contributed by atoms with Gasteiger partial charge in [-0.05, 0) is 155 Å². The van der Waals surface area contributed by atoms with E-state index in [9.17, 15) is 0 Å². The smallest absolute Gasteiger partial charge is 0.0623 e. The van der Waals surface area contributed by atoms with Crippen molar-refractivity contribution >= 4 is 21.9 Å². The molecule has 3 aromatic carbocycles. The molecule has 1 saturated carbocycles. The minimum absolute atomic E-state index is 0.359. The highest BCUT2D eigenvalue weighted by atomic mass is 15.2. The van der Waals surface area contributed by atoms with Crippen molar-refractivity contribution in [2.75, 3.05) is 0 Å². The molecule has 10 aliphatic rings. The van der Waals surface area contributed by atoms with Crippen molar-refractivity contribution < 1.29 is 0 Å². The van der Waals surface area contributed by atoms with Crippen LogP contribution in [0.5, 0.6) is 0 Å². The van der Waals surface area contributed by atoms with Gasteiger partial charge < -0.3 is 9.80 Å². The Labute approximate surface area is 368 Å². The summed E-state index contributed by atoms with van der Waals surface area (Å²) in [5, 5.41) is 2.80. The maximum Gasteiger partial charge on any atom is 0.0623 e. The van der Waals surface area contributed by atoms with Crippen LogP contribution >= 0.6 is 0 Å². The molecule has 1 saturated heterocycles. The van der Waals surface area contributed by atoms with Gasteiger partial charge in [-0.3, -0.25) is 0 Å². The third-order valence-electron chi connectivity index (χ3n) is 16.6. The Bertz CT molecular complexity index is 2770. The van der Waals surface area contributed by atoms with Crippen molar-refractivity contribution in [1.82, 2.24) is 9.80 Å². The Morgan fingerprint density at radius 2 is 1.48 bits per heavy atom. The van der Waals surface area contributed by atoms with Gasteiger partial charge in [0.05, 0.1) is 12.1 Å². The van der Waals surface area contributed by atoms with E-state index in [-0.39, 0.29) is 0 Å². The molecule has 6 atom stereocenters. The van der Waals surface area contributed by atoms with Gasteiger partial charge in [-0.2, -0.15) is 0 Å².